The van der Waals surface area contributed by atoms with Crippen LogP contribution in [0.15, 0.2) is 60.3 Å². The summed E-state index contributed by atoms with van der Waals surface area (Å²) in [5.41, 5.74) is 2.59. The minimum absolute atomic E-state index is 0.00435. The lowest BCUT2D eigenvalue weighted by atomic mass is 10.1. The van der Waals surface area contributed by atoms with Gasteiger partial charge in [0.1, 0.15) is 28.9 Å². The van der Waals surface area contributed by atoms with Crippen LogP contribution in [0.4, 0.5) is 4.39 Å². The smallest absolute Gasteiger partial charge is 0.262 e. The summed E-state index contributed by atoms with van der Waals surface area (Å²) < 4.78 is 20.2. The highest BCUT2D eigenvalue weighted by Crippen LogP contribution is 2.29. The van der Waals surface area contributed by atoms with Crippen LogP contribution in [0.5, 0.6) is 5.75 Å². The maximum Gasteiger partial charge on any atom is 0.262 e. The van der Waals surface area contributed by atoms with E-state index in [0.29, 0.717) is 22.7 Å². The van der Waals surface area contributed by atoms with Gasteiger partial charge < -0.3 is 10.1 Å². The zero-order valence-corrected chi connectivity index (χ0v) is 16.3. The standard InChI is InChI=1S/C23H19FN4O2/c1-30-21-4-2-3-15(12-21)22-17(11-16(13-25)23(29)26-19-7-8-19)14-28(27-22)20-9-5-18(24)6-10-20/h2-6,9-12,14,19H,7-8H2,1H3,(H,26,29)/b16-11+. The van der Waals surface area contributed by atoms with Crippen LogP contribution in [0.3, 0.4) is 0 Å². The first-order valence-electron chi connectivity index (χ1n) is 9.50. The van der Waals surface area contributed by atoms with E-state index in [1.165, 1.54) is 18.2 Å². The SMILES string of the molecule is COc1cccc(-c2nn(-c3ccc(F)cc3)cc2/C=C(\C#N)C(=O)NC2CC2)c1. The summed E-state index contributed by atoms with van der Waals surface area (Å²) in [6, 6.07) is 15.4. The number of amides is 1. The van der Waals surface area contributed by atoms with Crippen molar-refractivity contribution in [3.63, 3.8) is 0 Å². The topological polar surface area (TPSA) is 79.9 Å². The Morgan fingerprint density at radius 3 is 2.73 bits per heavy atom. The van der Waals surface area contributed by atoms with E-state index in [1.54, 1.807) is 30.1 Å². The predicted molar refractivity (Wildman–Crippen MR) is 110 cm³/mol. The first kappa shape index (κ1) is 19.4. The number of methoxy groups -OCH3 is 1. The molecule has 0 unspecified atom stereocenters. The molecule has 7 heteroatoms. The number of halogens is 1. The van der Waals surface area contributed by atoms with E-state index in [4.69, 9.17) is 4.74 Å². The molecule has 1 saturated carbocycles. The molecule has 3 aromatic rings. The molecule has 0 spiro atoms. The molecule has 1 heterocycles. The summed E-state index contributed by atoms with van der Waals surface area (Å²) in [7, 11) is 1.58. The molecule has 4 rings (SSSR count). The molecule has 1 aliphatic carbocycles. The van der Waals surface area contributed by atoms with E-state index in [1.807, 2.05) is 30.3 Å². The number of carbonyl (C=O) groups excluding carboxylic acids is 1. The number of nitriles is 1. The Morgan fingerprint density at radius 2 is 2.07 bits per heavy atom. The molecule has 1 amide bonds. The maximum atomic E-state index is 13.3. The van der Waals surface area contributed by atoms with Crippen molar-refractivity contribution in [3.8, 4) is 28.8 Å². The Morgan fingerprint density at radius 1 is 1.30 bits per heavy atom. The van der Waals surface area contributed by atoms with E-state index in [9.17, 15) is 14.4 Å². The third-order valence-electron chi connectivity index (χ3n) is 4.75. The van der Waals surface area contributed by atoms with E-state index < -0.39 is 5.91 Å². The fourth-order valence-corrected chi connectivity index (χ4v) is 3.01. The number of benzene rings is 2. The van der Waals surface area contributed by atoms with Gasteiger partial charge in [-0.05, 0) is 55.3 Å². The van der Waals surface area contributed by atoms with Gasteiger partial charge in [-0.15, -0.1) is 0 Å². The first-order valence-corrected chi connectivity index (χ1v) is 9.50. The van der Waals surface area contributed by atoms with Crippen LogP contribution in [-0.2, 0) is 4.79 Å². The van der Waals surface area contributed by atoms with Gasteiger partial charge in [0, 0.05) is 23.4 Å². The highest BCUT2D eigenvalue weighted by Gasteiger charge is 2.25. The molecule has 1 N–H and O–H groups in total. The van der Waals surface area contributed by atoms with Gasteiger partial charge in [-0.3, -0.25) is 4.79 Å². The highest BCUT2D eigenvalue weighted by atomic mass is 19.1. The number of hydrogen-bond acceptors (Lipinski definition) is 4. The van der Waals surface area contributed by atoms with Gasteiger partial charge in [0.2, 0.25) is 0 Å². The van der Waals surface area contributed by atoms with Crippen molar-refractivity contribution in [2.75, 3.05) is 7.11 Å². The largest absolute Gasteiger partial charge is 0.497 e. The Hall–Kier alpha value is -3.92. The van der Waals surface area contributed by atoms with Crippen LogP contribution >= 0.6 is 0 Å². The molecular formula is C23H19FN4O2. The molecule has 0 aliphatic heterocycles. The number of hydrogen-bond donors (Lipinski definition) is 1. The van der Waals surface area contributed by atoms with Crippen LogP contribution < -0.4 is 10.1 Å². The Balaban J connectivity index is 1.80. The molecule has 150 valence electrons. The molecule has 0 atom stereocenters. The van der Waals surface area contributed by atoms with Gasteiger partial charge in [-0.2, -0.15) is 10.4 Å². The molecule has 30 heavy (non-hydrogen) atoms. The monoisotopic (exact) mass is 402 g/mol. The zero-order valence-electron chi connectivity index (χ0n) is 16.3. The van der Waals surface area contributed by atoms with Crippen molar-refractivity contribution in [3.05, 3.63) is 71.7 Å². The van der Waals surface area contributed by atoms with Gasteiger partial charge in [0.25, 0.3) is 5.91 Å². The number of aromatic nitrogens is 2. The minimum Gasteiger partial charge on any atom is -0.497 e. The summed E-state index contributed by atoms with van der Waals surface area (Å²) in [6.45, 7) is 0. The number of nitrogens with zero attached hydrogens (tertiary/aromatic N) is 3. The van der Waals surface area contributed by atoms with E-state index in [2.05, 4.69) is 10.4 Å². The number of ether oxygens (including phenoxy) is 1. The number of rotatable bonds is 6. The Kier molecular flexibility index (Phi) is 5.31. The first-order chi connectivity index (χ1) is 14.6. The van der Waals surface area contributed by atoms with E-state index in [0.717, 1.165) is 18.4 Å². The molecule has 1 aliphatic rings. The van der Waals surface area contributed by atoms with Crippen molar-refractivity contribution in [1.82, 2.24) is 15.1 Å². The summed E-state index contributed by atoms with van der Waals surface area (Å²) in [5.74, 6) is -0.0839. The van der Waals surface area contributed by atoms with E-state index in [-0.39, 0.29) is 17.4 Å². The average molecular weight is 402 g/mol. The maximum absolute atomic E-state index is 13.3. The van der Waals surface area contributed by atoms with Crippen molar-refractivity contribution in [1.29, 1.82) is 5.26 Å². The lowest BCUT2D eigenvalue weighted by Crippen LogP contribution is -2.26. The Bertz CT molecular complexity index is 1150. The molecule has 2 aromatic carbocycles. The number of carbonyl (C=O) groups is 1. The minimum atomic E-state index is -0.397. The molecule has 1 fully saturated rings. The fraction of sp³-hybridized carbons (Fsp3) is 0.174. The summed E-state index contributed by atoms with van der Waals surface area (Å²) in [6.07, 6.45) is 5.10. The highest BCUT2D eigenvalue weighted by molar-refractivity contribution is 6.02. The van der Waals surface area contributed by atoms with E-state index >= 15 is 0 Å². The molecule has 0 saturated heterocycles. The molecule has 6 nitrogen and oxygen atoms in total. The lowest BCUT2D eigenvalue weighted by Gasteiger charge is -2.04. The van der Waals surface area contributed by atoms with Gasteiger partial charge in [-0.25, -0.2) is 9.07 Å². The predicted octanol–water partition coefficient (Wildman–Crippen LogP) is 3.87. The molecule has 0 radical (unpaired) electrons. The summed E-state index contributed by atoms with van der Waals surface area (Å²) in [4.78, 5) is 12.4. The third kappa shape index (κ3) is 4.23. The average Bonchev–Trinajstić information content (AvgIpc) is 3.48. The lowest BCUT2D eigenvalue weighted by molar-refractivity contribution is -0.117. The van der Waals surface area contributed by atoms with Crippen LogP contribution in [-0.4, -0.2) is 28.8 Å². The summed E-state index contributed by atoms with van der Waals surface area (Å²) >= 11 is 0. The van der Waals surface area contributed by atoms with Gasteiger partial charge in [0.15, 0.2) is 0 Å². The zero-order chi connectivity index (χ0) is 21.1. The van der Waals surface area contributed by atoms with Crippen molar-refractivity contribution in [2.24, 2.45) is 0 Å². The van der Waals surface area contributed by atoms with Crippen molar-refractivity contribution >= 4 is 12.0 Å². The van der Waals surface area contributed by atoms with Crippen LogP contribution in [0.1, 0.15) is 18.4 Å². The molecular weight excluding hydrogens is 383 g/mol. The molecule has 1 aromatic heterocycles. The fourth-order valence-electron chi connectivity index (χ4n) is 3.01. The van der Waals surface area contributed by atoms with Crippen LogP contribution in [0.2, 0.25) is 0 Å². The third-order valence-corrected chi connectivity index (χ3v) is 4.75. The van der Waals surface area contributed by atoms with Crippen LogP contribution in [0, 0.1) is 17.1 Å². The van der Waals surface area contributed by atoms with Crippen molar-refractivity contribution < 1.29 is 13.9 Å². The second-order valence-electron chi connectivity index (χ2n) is 7.00. The Labute approximate surface area is 173 Å². The second-order valence-corrected chi connectivity index (χ2v) is 7.00. The van der Waals surface area contributed by atoms with Crippen LogP contribution in [0.25, 0.3) is 23.0 Å². The normalized spacial score (nSPS) is 13.6. The number of nitrogens with one attached hydrogen (secondary N) is 1. The van der Waals surface area contributed by atoms with Gasteiger partial charge in [-0.1, -0.05) is 12.1 Å². The van der Waals surface area contributed by atoms with Gasteiger partial charge in [0.05, 0.1) is 12.8 Å². The van der Waals surface area contributed by atoms with Gasteiger partial charge >= 0.3 is 0 Å². The molecule has 0 bridgehead atoms. The quantitative estimate of drug-likeness (QED) is 0.501. The second kappa shape index (κ2) is 8.21. The van der Waals surface area contributed by atoms with Crippen molar-refractivity contribution in [2.45, 2.75) is 18.9 Å². The summed E-state index contributed by atoms with van der Waals surface area (Å²) in [5, 5.41) is 17.0.